The van der Waals surface area contributed by atoms with Crippen molar-refractivity contribution in [1.29, 1.82) is 5.26 Å². The highest BCUT2D eigenvalue weighted by Crippen LogP contribution is 2.58. The normalized spacial score (nSPS) is 30.1. The number of benzene rings is 1. The Kier molecular flexibility index (Phi) is 2.97. The second-order valence-corrected chi connectivity index (χ2v) is 6.87. The molecule has 1 aliphatic carbocycles. The zero-order chi connectivity index (χ0) is 14.5. The molecule has 1 saturated carbocycles. The van der Waals surface area contributed by atoms with Crippen molar-refractivity contribution in [2.24, 2.45) is 0 Å². The summed E-state index contributed by atoms with van der Waals surface area (Å²) in [5.74, 6) is 0.864. The molecule has 0 aromatic heterocycles. The highest BCUT2D eigenvalue weighted by atomic mass is 16.7. The lowest BCUT2D eigenvalue weighted by atomic mass is 9.79. The largest absolute Gasteiger partial charge is 0.461 e. The van der Waals surface area contributed by atoms with E-state index in [1.54, 1.807) is 0 Å². The van der Waals surface area contributed by atoms with E-state index in [0.29, 0.717) is 11.7 Å². The molecule has 3 rings (SSSR count). The molecule has 1 aromatic rings. The van der Waals surface area contributed by atoms with Crippen molar-refractivity contribution in [2.75, 3.05) is 0 Å². The van der Waals surface area contributed by atoms with Gasteiger partial charge in [0, 0.05) is 5.82 Å². The summed E-state index contributed by atoms with van der Waals surface area (Å²) < 4.78 is 12.2. The van der Waals surface area contributed by atoms with Gasteiger partial charge in [-0.25, -0.2) is 0 Å². The third kappa shape index (κ3) is 2.15. The van der Waals surface area contributed by atoms with E-state index < -0.39 is 0 Å². The first-order valence-electron chi connectivity index (χ1n) is 7.20. The second-order valence-electron chi connectivity index (χ2n) is 6.87. The van der Waals surface area contributed by atoms with Crippen LogP contribution in [0.2, 0.25) is 5.82 Å². The summed E-state index contributed by atoms with van der Waals surface area (Å²) in [7, 11) is -0.129. The molecule has 4 heteroatoms. The molecule has 1 aliphatic heterocycles. The van der Waals surface area contributed by atoms with Gasteiger partial charge in [0.15, 0.2) is 0 Å². The van der Waals surface area contributed by atoms with E-state index in [9.17, 15) is 0 Å². The maximum absolute atomic E-state index is 8.98. The van der Waals surface area contributed by atoms with Gasteiger partial charge in [-0.05, 0) is 57.7 Å². The van der Waals surface area contributed by atoms with Crippen molar-refractivity contribution >= 4 is 7.12 Å². The van der Waals surface area contributed by atoms with E-state index in [2.05, 4.69) is 39.8 Å². The van der Waals surface area contributed by atoms with Crippen molar-refractivity contribution < 1.29 is 9.31 Å². The summed E-state index contributed by atoms with van der Waals surface area (Å²) in [5, 5.41) is 8.98. The van der Waals surface area contributed by atoms with Crippen LogP contribution in [-0.4, -0.2) is 18.3 Å². The minimum Gasteiger partial charge on any atom is -0.403 e. The number of nitrogens with zero attached hydrogens (tertiary/aromatic N) is 1. The molecule has 1 aromatic carbocycles. The first-order chi connectivity index (χ1) is 9.34. The first-order valence-corrected chi connectivity index (χ1v) is 7.20. The van der Waals surface area contributed by atoms with Crippen molar-refractivity contribution in [1.82, 2.24) is 0 Å². The van der Waals surface area contributed by atoms with Gasteiger partial charge in [0.1, 0.15) is 0 Å². The van der Waals surface area contributed by atoms with Crippen LogP contribution in [0.5, 0.6) is 0 Å². The average molecular weight is 269 g/mol. The highest BCUT2D eigenvalue weighted by molar-refractivity contribution is 6.49. The predicted molar refractivity (Wildman–Crippen MR) is 78.3 cm³/mol. The van der Waals surface area contributed by atoms with Gasteiger partial charge in [-0.2, -0.15) is 5.26 Å². The zero-order valence-corrected chi connectivity index (χ0v) is 12.5. The van der Waals surface area contributed by atoms with Gasteiger partial charge in [0.05, 0.1) is 22.8 Å². The molecule has 2 fully saturated rings. The summed E-state index contributed by atoms with van der Waals surface area (Å²) in [6, 6.07) is 10.1. The summed E-state index contributed by atoms with van der Waals surface area (Å²) in [4.78, 5) is 0. The molecule has 104 valence electrons. The fourth-order valence-corrected chi connectivity index (χ4v) is 2.80. The van der Waals surface area contributed by atoms with Crippen LogP contribution in [0.4, 0.5) is 0 Å². The highest BCUT2D eigenvalue weighted by Gasteiger charge is 2.59. The molecule has 0 N–H and O–H groups in total. The van der Waals surface area contributed by atoms with Crippen molar-refractivity contribution in [3.8, 4) is 6.07 Å². The van der Waals surface area contributed by atoms with E-state index in [4.69, 9.17) is 14.6 Å². The van der Waals surface area contributed by atoms with Crippen molar-refractivity contribution in [2.45, 2.75) is 57.1 Å². The molecule has 0 radical (unpaired) electrons. The van der Waals surface area contributed by atoms with Gasteiger partial charge in [-0.1, -0.05) is 12.1 Å². The number of hydrogen-bond donors (Lipinski definition) is 0. The molecule has 2 aliphatic rings. The third-order valence-corrected chi connectivity index (χ3v) is 4.90. The molecular formula is C16H20BNO2. The molecule has 2 atom stereocenters. The summed E-state index contributed by atoms with van der Waals surface area (Å²) in [5.41, 5.74) is 1.42. The van der Waals surface area contributed by atoms with Crippen LogP contribution >= 0.6 is 0 Å². The standard InChI is InChI=1S/C16H20BNO2/c1-15(2)16(3,4)20-17(19-15)14-9-13(14)12-7-5-6-11(8-12)10-18/h5-8,13-14H,9H2,1-4H3/t13-,14+/m0/s1. The van der Waals surface area contributed by atoms with E-state index in [1.807, 2.05) is 18.2 Å². The quantitative estimate of drug-likeness (QED) is 0.771. The molecule has 0 bridgehead atoms. The maximum Gasteiger partial charge on any atom is 0.461 e. The van der Waals surface area contributed by atoms with Gasteiger partial charge in [-0.15, -0.1) is 0 Å². The SMILES string of the molecule is CC1(C)OB([C@@H]2C[C@H]2c2cccc(C#N)c2)OC1(C)C. The second kappa shape index (κ2) is 4.34. The molecule has 3 nitrogen and oxygen atoms in total. The smallest absolute Gasteiger partial charge is 0.403 e. The van der Waals surface area contributed by atoms with Crippen LogP contribution in [0, 0.1) is 11.3 Å². The Bertz CT molecular complexity index is 560. The molecular weight excluding hydrogens is 249 g/mol. The topological polar surface area (TPSA) is 42.2 Å². The molecule has 0 unspecified atom stereocenters. The van der Waals surface area contributed by atoms with Gasteiger partial charge >= 0.3 is 7.12 Å². The Morgan fingerprint density at radius 1 is 1.20 bits per heavy atom. The minimum absolute atomic E-state index is 0.129. The van der Waals surface area contributed by atoms with Crippen molar-refractivity contribution in [3.05, 3.63) is 35.4 Å². The van der Waals surface area contributed by atoms with Crippen LogP contribution in [0.25, 0.3) is 0 Å². The Morgan fingerprint density at radius 3 is 2.45 bits per heavy atom. The van der Waals surface area contributed by atoms with Gasteiger partial charge in [0.25, 0.3) is 0 Å². The van der Waals surface area contributed by atoms with Crippen LogP contribution in [-0.2, 0) is 9.31 Å². The fraction of sp³-hybridized carbons (Fsp3) is 0.562. The maximum atomic E-state index is 8.98. The first kappa shape index (κ1) is 13.7. The van der Waals surface area contributed by atoms with E-state index in [1.165, 1.54) is 5.56 Å². The summed E-state index contributed by atoms with van der Waals surface area (Å²) in [6.07, 6.45) is 1.08. The van der Waals surface area contributed by atoms with Gasteiger partial charge in [-0.3, -0.25) is 0 Å². The van der Waals surface area contributed by atoms with Crippen molar-refractivity contribution in [3.63, 3.8) is 0 Å². The number of nitriles is 1. The minimum atomic E-state index is -0.265. The molecule has 0 spiro atoms. The fourth-order valence-electron chi connectivity index (χ4n) is 2.80. The monoisotopic (exact) mass is 269 g/mol. The number of rotatable bonds is 2. The van der Waals surface area contributed by atoms with Crippen LogP contribution < -0.4 is 0 Å². The lowest BCUT2D eigenvalue weighted by molar-refractivity contribution is 0.00578. The lowest BCUT2D eigenvalue weighted by Crippen LogP contribution is -2.41. The zero-order valence-electron chi connectivity index (χ0n) is 12.5. The Labute approximate surface area is 121 Å². The molecule has 1 heterocycles. The van der Waals surface area contributed by atoms with Crippen LogP contribution in [0.15, 0.2) is 24.3 Å². The van der Waals surface area contributed by atoms with Gasteiger partial charge in [0.2, 0.25) is 0 Å². The Morgan fingerprint density at radius 2 is 1.85 bits per heavy atom. The van der Waals surface area contributed by atoms with E-state index >= 15 is 0 Å². The predicted octanol–water partition coefficient (Wildman–Crippen LogP) is 3.51. The third-order valence-electron chi connectivity index (χ3n) is 4.90. The summed E-state index contributed by atoms with van der Waals surface area (Å²) >= 11 is 0. The number of hydrogen-bond acceptors (Lipinski definition) is 3. The lowest BCUT2D eigenvalue weighted by Gasteiger charge is -2.32. The molecule has 20 heavy (non-hydrogen) atoms. The van der Waals surface area contributed by atoms with Gasteiger partial charge < -0.3 is 9.31 Å². The Balaban J connectivity index is 1.73. The summed E-state index contributed by atoms with van der Waals surface area (Å²) in [6.45, 7) is 8.34. The Hall–Kier alpha value is -1.31. The van der Waals surface area contributed by atoms with Crippen LogP contribution in [0.1, 0.15) is 51.2 Å². The molecule has 0 amide bonds. The average Bonchev–Trinajstić information content (AvgIpc) is 3.13. The molecule has 1 saturated heterocycles. The van der Waals surface area contributed by atoms with E-state index in [0.717, 1.165) is 12.0 Å². The van der Waals surface area contributed by atoms with Crippen LogP contribution in [0.3, 0.4) is 0 Å². The van der Waals surface area contributed by atoms with E-state index in [-0.39, 0.29) is 18.3 Å².